The minimum atomic E-state index is -0.360. The Hall–Kier alpha value is -1.37. The number of hydrogen-bond acceptors (Lipinski definition) is 4. The summed E-state index contributed by atoms with van der Waals surface area (Å²) in [5, 5.41) is 2.70. The Kier molecular flexibility index (Phi) is 4.47. The topological polar surface area (TPSA) is 80.9 Å². The molecule has 0 radical (unpaired) electrons. The highest BCUT2D eigenvalue weighted by molar-refractivity contribution is 9.10. The molecule has 0 bridgehead atoms. The molecule has 2 aromatic rings. The number of rotatable bonds is 2. The lowest BCUT2D eigenvalue weighted by Gasteiger charge is -2.10. The molecule has 1 amide bonds. The molecule has 8 heteroatoms. The zero-order chi connectivity index (χ0) is 14.9. The van der Waals surface area contributed by atoms with Crippen molar-refractivity contribution in [1.82, 2.24) is 9.97 Å². The van der Waals surface area contributed by atoms with Gasteiger partial charge in [-0.25, -0.2) is 9.97 Å². The van der Waals surface area contributed by atoms with Gasteiger partial charge in [0.1, 0.15) is 11.0 Å². The van der Waals surface area contributed by atoms with Crippen LogP contribution >= 0.6 is 39.1 Å². The summed E-state index contributed by atoms with van der Waals surface area (Å²) in [4.78, 5) is 19.8. The van der Waals surface area contributed by atoms with E-state index in [4.69, 9.17) is 28.9 Å². The molecular formula is C12H9BrCl2N4O. The minimum absolute atomic E-state index is 0.0433. The molecule has 104 valence electrons. The lowest BCUT2D eigenvalue weighted by atomic mass is 10.1. The van der Waals surface area contributed by atoms with Crippen LogP contribution < -0.4 is 11.1 Å². The molecule has 0 aliphatic rings. The molecule has 0 unspecified atom stereocenters. The highest BCUT2D eigenvalue weighted by Crippen LogP contribution is 2.24. The SMILES string of the molecule is Cc1c(N)cc(Br)cc1C(=O)Nc1cc(Cl)nc(Cl)n1. The fraction of sp³-hybridized carbons (Fsp3) is 0.0833. The van der Waals surface area contributed by atoms with Crippen molar-refractivity contribution in [2.24, 2.45) is 0 Å². The lowest BCUT2D eigenvalue weighted by molar-refractivity contribution is 0.102. The number of nitrogens with one attached hydrogen (secondary N) is 1. The van der Waals surface area contributed by atoms with Gasteiger partial charge in [0, 0.05) is 21.8 Å². The summed E-state index contributed by atoms with van der Waals surface area (Å²) in [6, 6.07) is 4.80. The zero-order valence-electron chi connectivity index (χ0n) is 10.2. The monoisotopic (exact) mass is 374 g/mol. The van der Waals surface area contributed by atoms with Crippen LogP contribution in [0.4, 0.5) is 11.5 Å². The number of halogens is 3. The summed E-state index contributed by atoms with van der Waals surface area (Å²) in [5.41, 5.74) is 7.45. The smallest absolute Gasteiger partial charge is 0.257 e. The Balaban J connectivity index is 2.33. The van der Waals surface area contributed by atoms with Crippen LogP contribution in [0.15, 0.2) is 22.7 Å². The van der Waals surface area contributed by atoms with E-state index in [1.54, 1.807) is 19.1 Å². The van der Waals surface area contributed by atoms with Gasteiger partial charge in [-0.2, -0.15) is 0 Å². The molecule has 0 aliphatic heterocycles. The average molecular weight is 376 g/mol. The van der Waals surface area contributed by atoms with Crippen molar-refractivity contribution in [2.45, 2.75) is 6.92 Å². The second kappa shape index (κ2) is 5.95. The second-order valence-electron chi connectivity index (χ2n) is 3.97. The molecule has 0 aliphatic carbocycles. The van der Waals surface area contributed by atoms with Gasteiger partial charge < -0.3 is 11.1 Å². The Labute approximate surface area is 133 Å². The van der Waals surface area contributed by atoms with Crippen LogP contribution in [0.5, 0.6) is 0 Å². The van der Waals surface area contributed by atoms with Crippen LogP contribution in [0.2, 0.25) is 10.4 Å². The van der Waals surface area contributed by atoms with Crippen molar-refractivity contribution in [1.29, 1.82) is 0 Å². The lowest BCUT2D eigenvalue weighted by Crippen LogP contribution is -2.15. The van der Waals surface area contributed by atoms with E-state index < -0.39 is 0 Å². The highest BCUT2D eigenvalue weighted by atomic mass is 79.9. The summed E-state index contributed by atoms with van der Waals surface area (Å²) >= 11 is 14.7. The number of nitrogen functional groups attached to an aromatic ring is 1. The van der Waals surface area contributed by atoms with Crippen molar-refractivity contribution in [3.63, 3.8) is 0 Å². The number of carbonyl (C=O) groups is 1. The van der Waals surface area contributed by atoms with Gasteiger partial charge in [0.25, 0.3) is 5.91 Å². The van der Waals surface area contributed by atoms with Gasteiger partial charge in [0.2, 0.25) is 5.28 Å². The number of carbonyl (C=O) groups excluding carboxylic acids is 1. The summed E-state index contributed by atoms with van der Waals surface area (Å²) in [6.45, 7) is 1.76. The fourth-order valence-corrected chi connectivity index (χ4v) is 2.46. The summed E-state index contributed by atoms with van der Waals surface area (Å²) in [6.07, 6.45) is 0. The van der Waals surface area contributed by atoms with Crippen molar-refractivity contribution in [2.75, 3.05) is 11.1 Å². The summed E-state index contributed by atoms with van der Waals surface area (Å²) in [5.74, 6) is -0.140. The molecule has 1 aromatic heterocycles. The van der Waals surface area contributed by atoms with Crippen LogP contribution in [0.3, 0.4) is 0 Å². The van der Waals surface area contributed by atoms with Crippen LogP contribution in [-0.2, 0) is 0 Å². The van der Waals surface area contributed by atoms with E-state index in [0.717, 1.165) is 0 Å². The molecule has 0 atom stereocenters. The van der Waals surface area contributed by atoms with E-state index in [9.17, 15) is 4.79 Å². The van der Waals surface area contributed by atoms with Crippen molar-refractivity contribution in [3.05, 3.63) is 44.2 Å². The predicted octanol–water partition coefficient (Wildman–Crippen LogP) is 3.69. The molecule has 0 saturated carbocycles. The first kappa shape index (κ1) is 15.0. The molecule has 2 rings (SSSR count). The number of amides is 1. The number of hydrogen-bond donors (Lipinski definition) is 2. The molecule has 1 heterocycles. The van der Waals surface area contributed by atoms with E-state index in [-0.39, 0.29) is 22.2 Å². The molecule has 0 fully saturated rings. The highest BCUT2D eigenvalue weighted by Gasteiger charge is 2.14. The van der Waals surface area contributed by atoms with Gasteiger partial charge >= 0.3 is 0 Å². The normalized spacial score (nSPS) is 10.4. The van der Waals surface area contributed by atoms with Crippen molar-refractivity contribution < 1.29 is 4.79 Å². The standard InChI is InChI=1S/C12H9BrCl2N4O/c1-5-7(2-6(13)3-8(5)16)11(20)18-10-4-9(14)17-12(15)19-10/h2-4H,16H2,1H3,(H,17,18,19,20). The van der Waals surface area contributed by atoms with Gasteiger partial charge in [-0.3, -0.25) is 4.79 Å². The van der Waals surface area contributed by atoms with Gasteiger partial charge in [-0.05, 0) is 36.2 Å². The minimum Gasteiger partial charge on any atom is -0.398 e. The van der Waals surface area contributed by atoms with E-state index in [1.807, 2.05) is 0 Å². The molecule has 0 spiro atoms. The predicted molar refractivity (Wildman–Crippen MR) is 83.3 cm³/mol. The molecule has 3 N–H and O–H groups in total. The fourth-order valence-electron chi connectivity index (χ4n) is 1.57. The summed E-state index contributed by atoms with van der Waals surface area (Å²) < 4.78 is 0.713. The maximum absolute atomic E-state index is 12.2. The first-order valence-corrected chi connectivity index (χ1v) is 6.99. The Morgan fingerprint density at radius 3 is 2.65 bits per heavy atom. The molecular weight excluding hydrogens is 367 g/mol. The third kappa shape index (κ3) is 3.39. The number of aromatic nitrogens is 2. The third-order valence-corrected chi connectivity index (χ3v) is 3.39. The Bertz CT molecular complexity index is 673. The molecule has 5 nitrogen and oxygen atoms in total. The van der Waals surface area contributed by atoms with E-state index in [1.165, 1.54) is 6.07 Å². The van der Waals surface area contributed by atoms with Crippen molar-refractivity contribution >= 4 is 56.5 Å². The first-order valence-electron chi connectivity index (χ1n) is 5.44. The number of benzene rings is 1. The number of anilines is 2. The average Bonchev–Trinajstić information content (AvgIpc) is 2.32. The van der Waals surface area contributed by atoms with Crippen LogP contribution in [-0.4, -0.2) is 15.9 Å². The van der Waals surface area contributed by atoms with Gasteiger partial charge in [-0.1, -0.05) is 27.5 Å². The van der Waals surface area contributed by atoms with Crippen LogP contribution in [0.1, 0.15) is 15.9 Å². The summed E-state index contributed by atoms with van der Waals surface area (Å²) in [7, 11) is 0. The Morgan fingerprint density at radius 1 is 1.30 bits per heavy atom. The van der Waals surface area contributed by atoms with Gasteiger partial charge in [-0.15, -0.1) is 0 Å². The van der Waals surface area contributed by atoms with Crippen LogP contribution in [0, 0.1) is 6.92 Å². The van der Waals surface area contributed by atoms with Crippen molar-refractivity contribution in [3.8, 4) is 0 Å². The first-order chi connectivity index (χ1) is 9.36. The Morgan fingerprint density at radius 2 is 2.00 bits per heavy atom. The maximum Gasteiger partial charge on any atom is 0.257 e. The third-order valence-electron chi connectivity index (χ3n) is 2.57. The molecule has 0 saturated heterocycles. The van der Waals surface area contributed by atoms with E-state index in [0.29, 0.717) is 21.3 Å². The van der Waals surface area contributed by atoms with E-state index >= 15 is 0 Å². The number of nitrogens with two attached hydrogens (primary N) is 1. The molecule has 20 heavy (non-hydrogen) atoms. The van der Waals surface area contributed by atoms with Crippen LogP contribution in [0.25, 0.3) is 0 Å². The number of nitrogens with zero attached hydrogens (tertiary/aromatic N) is 2. The van der Waals surface area contributed by atoms with E-state index in [2.05, 4.69) is 31.2 Å². The second-order valence-corrected chi connectivity index (χ2v) is 5.61. The zero-order valence-corrected chi connectivity index (χ0v) is 13.3. The largest absolute Gasteiger partial charge is 0.398 e. The molecule has 1 aromatic carbocycles. The maximum atomic E-state index is 12.2. The quantitative estimate of drug-likeness (QED) is 0.476. The van der Waals surface area contributed by atoms with Gasteiger partial charge in [0.05, 0.1) is 0 Å². The van der Waals surface area contributed by atoms with Gasteiger partial charge in [0.15, 0.2) is 0 Å².